The Morgan fingerprint density at radius 2 is 2.04 bits per heavy atom. The van der Waals surface area contributed by atoms with Gasteiger partial charge in [-0.2, -0.15) is 5.26 Å². The number of aliphatic imine (C=N–C) groups is 1. The van der Waals surface area contributed by atoms with Gasteiger partial charge >= 0.3 is 0 Å². The molecule has 2 aliphatic rings. The topological polar surface area (TPSA) is 69.4 Å². The Balaban J connectivity index is 1.56. The molecule has 25 heavy (non-hydrogen) atoms. The molecule has 2 fully saturated rings. The first-order chi connectivity index (χ1) is 12.2. The van der Waals surface area contributed by atoms with Gasteiger partial charge in [-0.15, -0.1) is 0 Å². The Hall–Kier alpha value is -2.06. The van der Waals surface area contributed by atoms with Crippen LogP contribution in [0.5, 0.6) is 0 Å². The molecule has 2 N–H and O–H groups in total. The highest BCUT2D eigenvalue weighted by molar-refractivity contribution is 5.80. The van der Waals surface area contributed by atoms with Crippen molar-refractivity contribution >= 4 is 5.96 Å². The second kappa shape index (κ2) is 7.88. The zero-order chi connectivity index (χ0) is 17.7. The molecule has 1 spiro atoms. The standard InChI is InChI=1S/C20H28N4O/c1-3-25-18-12-17(20(18)10-4-5-11-20)24-19(22-2)23-14-16-8-6-15(13-21)7-9-16/h6-9,17-18H,3-5,10-12,14H2,1-2H3,(H2,22,23,24). The van der Waals surface area contributed by atoms with Gasteiger partial charge < -0.3 is 15.4 Å². The van der Waals surface area contributed by atoms with E-state index in [1.165, 1.54) is 25.7 Å². The van der Waals surface area contributed by atoms with Crippen LogP contribution in [0.15, 0.2) is 29.3 Å². The van der Waals surface area contributed by atoms with Crippen molar-refractivity contribution in [3.63, 3.8) is 0 Å². The van der Waals surface area contributed by atoms with Crippen molar-refractivity contribution in [2.75, 3.05) is 13.7 Å². The van der Waals surface area contributed by atoms with Crippen molar-refractivity contribution in [2.24, 2.45) is 10.4 Å². The molecule has 0 amide bonds. The highest BCUT2D eigenvalue weighted by Gasteiger charge is 2.56. The minimum absolute atomic E-state index is 0.294. The highest BCUT2D eigenvalue weighted by atomic mass is 16.5. The Labute approximate surface area is 150 Å². The van der Waals surface area contributed by atoms with Gasteiger partial charge in [0.1, 0.15) is 0 Å². The second-order valence-electron chi connectivity index (χ2n) is 7.05. The number of nitrogens with zero attached hydrogens (tertiary/aromatic N) is 2. The number of ether oxygens (including phenoxy) is 1. The first-order valence-electron chi connectivity index (χ1n) is 9.29. The lowest BCUT2D eigenvalue weighted by Gasteiger charge is -2.54. The molecule has 5 heteroatoms. The average molecular weight is 340 g/mol. The summed E-state index contributed by atoms with van der Waals surface area (Å²) < 4.78 is 5.99. The van der Waals surface area contributed by atoms with Gasteiger partial charge in [0.2, 0.25) is 0 Å². The summed E-state index contributed by atoms with van der Waals surface area (Å²) in [5.41, 5.74) is 2.12. The number of benzene rings is 1. The quantitative estimate of drug-likeness (QED) is 0.639. The molecular formula is C20H28N4O. The maximum Gasteiger partial charge on any atom is 0.191 e. The fourth-order valence-corrected chi connectivity index (χ4v) is 4.33. The minimum atomic E-state index is 0.294. The third-order valence-corrected chi connectivity index (χ3v) is 5.76. The van der Waals surface area contributed by atoms with E-state index in [2.05, 4.69) is 28.6 Å². The lowest BCUT2D eigenvalue weighted by molar-refractivity contribution is -0.125. The predicted molar refractivity (Wildman–Crippen MR) is 99.2 cm³/mol. The predicted octanol–water partition coefficient (Wildman–Crippen LogP) is 2.96. The van der Waals surface area contributed by atoms with Crippen LogP contribution < -0.4 is 10.6 Å². The van der Waals surface area contributed by atoms with Crippen molar-refractivity contribution in [3.8, 4) is 6.07 Å². The molecule has 2 unspecified atom stereocenters. The van der Waals surface area contributed by atoms with Crippen molar-refractivity contribution in [2.45, 2.75) is 57.7 Å². The van der Waals surface area contributed by atoms with Crippen LogP contribution in [-0.2, 0) is 11.3 Å². The molecule has 2 saturated carbocycles. The normalized spacial score (nSPS) is 24.6. The fourth-order valence-electron chi connectivity index (χ4n) is 4.33. The van der Waals surface area contributed by atoms with Gasteiger partial charge in [-0.3, -0.25) is 4.99 Å². The molecule has 134 valence electrons. The van der Waals surface area contributed by atoms with E-state index in [0.717, 1.165) is 24.6 Å². The lowest BCUT2D eigenvalue weighted by atomic mass is 9.60. The van der Waals surface area contributed by atoms with Gasteiger partial charge in [0.05, 0.1) is 17.7 Å². The zero-order valence-corrected chi connectivity index (χ0v) is 15.2. The third kappa shape index (κ3) is 3.64. The summed E-state index contributed by atoms with van der Waals surface area (Å²) in [6, 6.07) is 10.2. The van der Waals surface area contributed by atoms with E-state index >= 15 is 0 Å². The van der Waals surface area contributed by atoms with Crippen LogP contribution in [0.2, 0.25) is 0 Å². The number of hydrogen-bond acceptors (Lipinski definition) is 3. The number of rotatable bonds is 5. The smallest absolute Gasteiger partial charge is 0.191 e. The first-order valence-corrected chi connectivity index (χ1v) is 9.29. The van der Waals surface area contributed by atoms with E-state index in [1.54, 1.807) is 0 Å². The molecule has 3 rings (SSSR count). The van der Waals surface area contributed by atoms with Gasteiger partial charge in [0.25, 0.3) is 0 Å². The molecular weight excluding hydrogens is 312 g/mol. The van der Waals surface area contributed by atoms with Crippen LogP contribution in [0.4, 0.5) is 0 Å². The Bertz CT molecular complexity index is 641. The number of guanidine groups is 1. The Morgan fingerprint density at radius 1 is 1.32 bits per heavy atom. The summed E-state index contributed by atoms with van der Waals surface area (Å²) in [7, 11) is 1.81. The second-order valence-corrected chi connectivity index (χ2v) is 7.05. The number of hydrogen-bond donors (Lipinski definition) is 2. The first kappa shape index (κ1) is 17.8. The summed E-state index contributed by atoms with van der Waals surface area (Å²) in [5, 5.41) is 15.9. The minimum Gasteiger partial charge on any atom is -0.378 e. The lowest BCUT2D eigenvalue weighted by Crippen LogP contribution is -2.65. The van der Waals surface area contributed by atoms with Crippen molar-refractivity contribution in [1.82, 2.24) is 10.6 Å². The summed E-state index contributed by atoms with van der Waals surface area (Å²) in [6.45, 7) is 3.58. The van der Waals surface area contributed by atoms with Crippen molar-refractivity contribution in [1.29, 1.82) is 5.26 Å². The summed E-state index contributed by atoms with van der Waals surface area (Å²) in [6.07, 6.45) is 6.57. The largest absolute Gasteiger partial charge is 0.378 e. The third-order valence-electron chi connectivity index (χ3n) is 5.76. The molecule has 1 aromatic carbocycles. The molecule has 0 bridgehead atoms. The summed E-state index contributed by atoms with van der Waals surface area (Å²) >= 11 is 0. The van der Waals surface area contributed by atoms with Gasteiger partial charge in [-0.05, 0) is 43.9 Å². The van der Waals surface area contributed by atoms with Crippen LogP contribution in [-0.4, -0.2) is 31.8 Å². The van der Waals surface area contributed by atoms with E-state index < -0.39 is 0 Å². The maximum absolute atomic E-state index is 8.87. The van der Waals surface area contributed by atoms with Crippen molar-refractivity contribution < 1.29 is 4.74 Å². The van der Waals surface area contributed by atoms with Crippen LogP contribution in [0, 0.1) is 16.7 Å². The molecule has 0 saturated heterocycles. The van der Waals surface area contributed by atoms with Crippen molar-refractivity contribution in [3.05, 3.63) is 35.4 Å². The van der Waals surface area contributed by atoms with Crippen LogP contribution >= 0.6 is 0 Å². The molecule has 0 heterocycles. The number of nitriles is 1. The summed E-state index contributed by atoms with van der Waals surface area (Å²) in [5.74, 6) is 0.843. The molecule has 2 aliphatic carbocycles. The molecule has 2 atom stereocenters. The number of nitrogens with one attached hydrogen (secondary N) is 2. The van der Waals surface area contributed by atoms with Crippen LogP contribution in [0.25, 0.3) is 0 Å². The SMILES string of the molecule is CCOC1CC(NC(=NC)NCc2ccc(C#N)cc2)C12CCCC2. The van der Waals surface area contributed by atoms with Gasteiger partial charge in [-0.1, -0.05) is 25.0 Å². The van der Waals surface area contributed by atoms with Crippen LogP contribution in [0.3, 0.4) is 0 Å². The molecule has 0 aromatic heterocycles. The zero-order valence-electron chi connectivity index (χ0n) is 15.2. The van der Waals surface area contributed by atoms with Gasteiger partial charge in [0.15, 0.2) is 5.96 Å². The van der Waals surface area contributed by atoms with E-state index in [1.807, 2.05) is 31.3 Å². The molecule has 1 aromatic rings. The maximum atomic E-state index is 8.87. The van der Waals surface area contributed by atoms with E-state index in [4.69, 9.17) is 10.00 Å². The van der Waals surface area contributed by atoms with Gasteiger partial charge in [-0.25, -0.2) is 0 Å². The molecule has 0 aliphatic heterocycles. The average Bonchev–Trinajstić information content (AvgIpc) is 3.17. The summed E-state index contributed by atoms with van der Waals surface area (Å²) in [4.78, 5) is 4.39. The van der Waals surface area contributed by atoms with E-state index in [-0.39, 0.29) is 0 Å². The monoisotopic (exact) mass is 340 g/mol. The molecule has 0 radical (unpaired) electrons. The van der Waals surface area contributed by atoms with E-state index in [0.29, 0.717) is 29.7 Å². The Kier molecular flexibility index (Phi) is 5.60. The van der Waals surface area contributed by atoms with Crippen LogP contribution in [0.1, 0.15) is 50.2 Å². The molecule has 5 nitrogen and oxygen atoms in total. The fraction of sp³-hybridized carbons (Fsp3) is 0.600. The Morgan fingerprint density at radius 3 is 2.64 bits per heavy atom. The van der Waals surface area contributed by atoms with Gasteiger partial charge in [0, 0.05) is 31.7 Å². The van der Waals surface area contributed by atoms with E-state index in [9.17, 15) is 0 Å². The highest BCUT2D eigenvalue weighted by Crippen LogP contribution is 2.54.